The third kappa shape index (κ3) is 3.55. The van der Waals surface area contributed by atoms with Crippen molar-refractivity contribution in [3.05, 3.63) is 47.0 Å². The third-order valence-electron chi connectivity index (χ3n) is 3.06. The quantitative estimate of drug-likeness (QED) is 0.879. The Balaban J connectivity index is 0.00000200. The van der Waals surface area contributed by atoms with Gasteiger partial charge in [-0.3, -0.25) is 14.5 Å². The zero-order chi connectivity index (χ0) is 13.8. The molecule has 2 heterocycles. The summed E-state index contributed by atoms with van der Waals surface area (Å²) in [5.41, 5.74) is 8.81. The molecule has 0 fully saturated rings. The van der Waals surface area contributed by atoms with E-state index >= 15 is 0 Å². The maximum absolute atomic E-state index is 12.0. The molecule has 6 nitrogen and oxygen atoms in total. The van der Waals surface area contributed by atoms with Gasteiger partial charge in [0.25, 0.3) is 5.91 Å². The minimum absolute atomic E-state index is 0. The zero-order valence-electron chi connectivity index (χ0n) is 11.5. The first kappa shape index (κ1) is 16.1. The van der Waals surface area contributed by atoms with Crippen LogP contribution >= 0.6 is 12.4 Å². The van der Waals surface area contributed by atoms with E-state index in [9.17, 15) is 4.79 Å². The van der Waals surface area contributed by atoms with E-state index in [1.54, 1.807) is 29.2 Å². The minimum atomic E-state index is -0.139. The molecule has 1 amide bonds. The number of amides is 1. The summed E-state index contributed by atoms with van der Waals surface area (Å²) < 4.78 is 1.78. The average molecular weight is 296 g/mol. The molecule has 0 unspecified atom stereocenters. The number of rotatable bonds is 4. The number of aryl methyl sites for hydroxylation is 1. The molecule has 0 atom stereocenters. The minimum Gasteiger partial charge on any atom is -0.348 e. The second kappa shape index (κ2) is 7.02. The number of nitrogens with zero attached hydrogens (tertiary/aromatic N) is 3. The standard InChI is InChI=1S/C13H17N5O.ClH/c1-9-11(8-17-18(9)2)7-16-13(19)10-3-4-15-12(5-10)6-14;/h3-5,8H,6-7,14H2,1-2H3,(H,16,19);1H. The van der Waals surface area contributed by atoms with Gasteiger partial charge in [0.15, 0.2) is 0 Å². The number of carbonyl (C=O) groups is 1. The first-order valence-corrected chi connectivity index (χ1v) is 6.02. The van der Waals surface area contributed by atoms with Gasteiger partial charge in [-0.05, 0) is 19.1 Å². The van der Waals surface area contributed by atoms with E-state index in [0.29, 0.717) is 24.3 Å². The molecule has 108 valence electrons. The summed E-state index contributed by atoms with van der Waals surface area (Å²) in [6.07, 6.45) is 3.35. The lowest BCUT2D eigenvalue weighted by Crippen LogP contribution is -2.23. The molecule has 0 saturated carbocycles. The molecule has 7 heteroatoms. The maximum Gasteiger partial charge on any atom is 0.251 e. The van der Waals surface area contributed by atoms with E-state index in [-0.39, 0.29) is 18.3 Å². The second-order valence-corrected chi connectivity index (χ2v) is 4.30. The predicted molar refractivity (Wildman–Crippen MR) is 78.5 cm³/mol. The van der Waals surface area contributed by atoms with E-state index in [0.717, 1.165) is 11.3 Å². The topological polar surface area (TPSA) is 85.8 Å². The molecule has 0 radical (unpaired) electrons. The summed E-state index contributed by atoms with van der Waals surface area (Å²) in [4.78, 5) is 16.1. The first-order chi connectivity index (χ1) is 9.11. The second-order valence-electron chi connectivity index (χ2n) is 4.30. The van der Waals surface area contributed by atoms with E-state index < -0.39 is 0 Å². The van der Waals surface area contributed by atoms with E-state index in [2.05, 4.69) is 15.4 Å². The number of halogens is 1. The third-order valence-corrected chi connectivity index (χ3v) is 3.06. The van der Waals surface area contributed by atoms with E-state index in [1.807, 2.05) is 14.0 Å². The van der Waals surface area contributed by atoms with Crippen LogP contribution < -0.4 is 11.1 Å². The molecule has 2 aromatic heterocycles. The van der Waals surface area contributed by atoms with Gasteiger partial charge in [-0.25, -0.2) is 0 Å². The van der Waals surface area contributed by atoms with Gasteiger partial charge in [0.1, 0.15) is 0 Å². The molecule has 0 aliphatic heterocycles. The van der Waals surface area contributed by atoms with Crippen molar-refractivity contribution in [1.82, 2.24) is 20.1 Å². The molecule has 0 bridgehead atoms. The Hall–Kier alpha value is -1.92. The van der Waals surface area contributed by atoms with E-state index in [1.165, 1.54) is 0 Å². The summed E-state index contributed by atoms with van der Waals surface area (Å²) in [6, 6.07) is 3.37. The van der Waals surface area contributed by atoms with Crippen molar-refractivity contribution in [2.45, 2.75) is 20.0 Å². The summed E-state index contributed by atoms with van der Waals surface area (Å²) in [6.45, 7) is 2.75. The van der Waals surface area contributed by atoms with Crippen LogP contribution in [0.1, 0.15) is 27.3 Å². The lowest BCUT2D eigenvalue weighted by atomic mass is 10.2. The SMILES string of the molecule is Cc1c(CNC(=O)c2ccnc(CN)c2)cnn1C.Cl. The van der Waals surface area contributed by atoms with Crippen molar-refractivity contribution in [3.8, 4) is 0 Å². The molecule has 20 heavy (non-hydrogen) atoms. The Morgan fingerprint density at radius 3 is 2.85 bits per heavy atom. The fourth-order valence-electron chi connectivity index (χ4n) is 1.73. The van der Waals surface area contributed by atoms with Crippen molar-refractivity contribution in [2.24, 2.45) is 12.8 Å². The van der Waals surface area contributed by atoms with Gasteiger partial charge >= 0.3 is 0 Å². The normalized spacial score (nSPS) is 9.95. The highest BCUT2D eigenvalue weighted by atomic mass is 35.5. The van der Waals surface area contributed by atoms with Crippen LogP contribution in [0.25, 0.3) is 0 Å². The highest BCUT2D eigenvalue weighted by Gasteiger charge is 2.08. The number of nitrogens with two attached hydrogens (primary N) is 1. The number of pyridine rings is 1. The largest absolute Gasteiger partial charge is 0.348 e. The summed E-state index contributed by atoms with van der Waals surface area (Å²) >= 11 is 0. The van der Waals surface area contributed by atoms with E-state index in [4.69, 9.17) is 5.73 Å². The highest BCUT2D eigenvalue weighted by Crippen LogP contribution is 2.06. The molecular formula is C13H18ClN5O. The summed E-state index contributed by atoms with van der Waals surface area (Å²) in [5.74, 6) is -0.139. The number of carbonyl (C=O) groups excluding carboxylic acids is 1. The molecule has 0 saturated heterocycles. The fraction of sp³-hybridized carbons (Fsp3) is 0.308. The Bertz CT molecular complexity index is 596. The molecule has 3 N–H and O–H groups in total. The van der Waals surface area contributed by atoms with Gasteiger partial charge < -0.3 is 11.1 Å². The van der Waals surface area contributed by atoms with Crippen LogP contribution in [0.2, 0.25) is 0 Å². The molecule has 2 aromatic rings. The number of hydrogen-bond donors (Lipinski definition) is 2. The average Bonchev–Trinajstić information content (AvgIpc) is 2.76. The summed E-state index contributed by atoms with van der Waals surface area (Å²) in [5, 5.41) is 6.99. The number of hydrogen-bond acceptors (Lipinski definition) is 4. The van der Waals surface area contributed by atoms with Crippen molar-refractivity contribution < 1.29 is 4.79 Å². The fourth-order valence-corrected chi connectivity index (χ4v) is 1.73. The van der Waals surface area contributed by atoms with Crippen LogP contribution in [0.3, 0.4) is 0 Å². The van der Waals surface area contributed by atoms with Gasteiger partial charge in [0.05, 0.1) is 11.9 Å². The number of aromatic nitrogens is 3. The predicted octanol–water partition coefficient (Wildman–Crippen LogP) is 0.934. The van der Waals surface area contributed by atoms with Crippen LogP contribution in [0.15, 0.2) is 24.5 Å². The summed E-state index contributed by atoms with van der Waals surface area (Å²) in [7, 11) is 1.87. The van der Waals surface area contributed by atoms with Gasteiger partial charge in [-0.2, -0.15) is 5.10 Å². The van der Waals surface area contributed by atoms with Gasteiger partial charge in [-0.15, -0.1) is 12.4 Å². The van der Waals surface area contributed by atoms with Crippen LogP contribution in [0.4, 0.5) is 0 Å². The first-order valence-electron chi connectivity index (χ1n) is 6.02. The van der Waals surface area contributed by atoms with Gasteiger partial charge in [0.2, 0.25) is 0 Å². The smallest absolute Gasteiger partial charge is 0.251 e. The zero-order valence-corrected chi connectivity index (χ0v) is 12.3. The molecular weight excluding hydrogens is 278 g/mol. The van der Waals surface area contributed by atoms with Gasteiger partial charge in [-0.1, -0.05) is 0 Å². The van der Waals surface area contributed by atoms with Crippen molar-refractivity contribution in [2.75, 3.05) is 0 Å². The molecule has 2 rings (SSSR count). The van der Waals surface area contributed by atoms with Gasteiger partial charge in [0, 0.05) is 43.2 Å². The lowest BCUT2D eigenvalue weighted by Gasteiger charge is -2.06. The van der Waals surface area contributed by atoms with Crippen LogP contribution in [-0.2, 0) is 20.1 Å². The van der Waals surface area contributed by atoms with Crippen molar-refractivity contribution in [3.63, 3.8) is 0 Å². The van der Waals surface area contributed by atoms with Crippen LogP contribution in [0, 0.1) is 6.92 Å². The number of nitrogens with one attached hydrogen (secondary N) is 1. The Morgan fingerprint density at radius 1 is 1.50 bits per heavy atom. The molecule has 0 aliphatic carbocycles. The van der Waals surface area contributed by atoms with Crippen LogP contribution in [0.5, 0.6) is 0 Å². The molecule has 0 aliphatic rings. The lowest BCUT2D eigenvalue weighted by molar-refractivity contribution is 0.0950. The van der Waals surface area contributed by atoms with Crippen LogP contribution in [-0.4, -0.2) is 20.7 Å². The monoisotopic (exact) mass is 295 g/mol. The highest BCUT2D eigenvalue weighted by molar-refractivity contribution is 5.94. The maximum atomic E-state index is 12.0. The Morgan fingerprint density at radius 2 is 2.25 bits per heavy atom. The Labute approximate surface area is 123 Å². The van der Waals surface area contributed by atoms with Crippen molar-refractivity contribution in [1.29, 1.82) is 0 Å². The Kier molecular flexibility index (Phi) is 5.66. The van der Waals surface area contributed by atoms with Crippen molar-refractivity contribution >= 4 is 18.3 Å². The molecule has 0 aromatic carbocycles. The molecule has 0 spiro atoms.